The molecule has 0 saturated carbocycles. The maximum Gasteiger partial charge on any atom is 0.261 e. The van der Waals surface area contributed by atoms with Crippen molar-refractivity contribution < 1.29 is 4.79 Å². The van der Waals surface area contributed by atoms with Crippen molar-refractivity contribution in [3.8, 4) is 0 Å². The fraction of sp³-hybridized carbons (Fsp3) is 0.318. The third-order valence-corrected chi connectivity index (χ3v) is 5.41. The highest BCUT2D eigenvalue weighted by Crippen LogP contribution is 2.19. The maximum atomic E-state index is 13.2. The largest absolute Gasteiger partial charge is 0.368 e. The molecule has 144 valence electrons. The van der Waals surface area contributed by atoms with E-state index >= 15 is 0 Å². The molecule has 28 heavy (non-hydrogen) atoms. The molecule has 1 saturated heterocycles. The highest BCUT2D eigenvalue weighted by molar-refractivity contribution is 5.82. The summed E-state index contributed by atoms with van der Waals surface area (Å²) in [4.78, 5) is 34.6. The second-order valence-electron chi connectivity index (χ2n) is 7.05. The molecule has 0 bridgehead atoms. The van der Waals surface area contributed by atoms with Gasteiger partial charge in [0.05, 0.1) is 17.2 Å². The molecule has 1 fully saturated rings. The van der Waals surface area contributed by atoms with Gasteiger partial charge in [-0.2, -0.15) is 0 Å². The molecule has 1 atom stereocenters. The van der Waals surface area contributed by atoms with Crippen molar-refractivity contribution in [3.63, 3.8) is 0 Å². The zero-order chi connectivity index (χ0) is 19.5. The third-order valence-electron chi connectivity index (χ3n) is 5.41. The van der Waals surface area contributed by atoms with Gasteiger partial charge in [0.15, 0.2) is 0 Å². The van der Waals surface area contributed by atoms with Crippen molar-refractivity contribution in [2.45, 2.75) is 19.4 Å². The van der Waals surface area contributed by atoms with Gasteiger partial charge in [-0.25, -0.2) is 4.98 Å². The van der Waals surface area contributed by atoms with Crippen LogP contribution in [0.25, 0.3) is 10.9 Å². The molecule has 0 spiro atoms. The van der Waals surface area contributed by atoms with Crippen LogP contribution in [0.15, 0.2) is 65.7 Å². The lowest BCUT2D eigenvalue weighted by Crippen LogP contribution is -2.51. The number of anilines is 1. The third kappa shape index (κ3) is 3.38. The van der Waals surface area contributed by atoms with E-state index in [1.165, 1.54) is 16.6 Å². The molecule has 6 heteroatoms. The summed E-state index contributed by atoms with van der Waals surface area (Å²) in [5.74, 6) is -0.00519. The smallest absolute Gasteiger partial charge is 0.261 e. The topological polar surface area (TPSA) is 58.4 Å². The van der Waals surface area contributed by atoms with Crippen LogP contribution in [0.1, 0.15) is 19.4 Å². The monoisotopic (exact) mass is 376 g/mol. The van der Waals surface area contributed by atoms with E-state index in [-0.39, 0.29) is 11.5 Å². The first kappa shape index (κ1) is 18.2. The second-order valence-corrected chi connectivity index (χ2v) is 7.05. The molecule has 6 nitrogen and oxygen atoms in total. The SMILES string of the molecule is CC[C@@H](C(=O)N1CCN(c2ccccc2)CC1)n1cnc2ccccc2c1=O. The van der Waals surface area contributed by atoms with E-state index < -0.39 is 6.04 Å². The van der Waals surface area contributed by atoms with Gasteiger partial charge in [-0.1, -0.05) is 37.3 Å². The van der Waals surface area contributed by atoms with Gasteiger partial charge in [0.25, 0.3) is 5.56 Å². The number of para-hydroxylation sites is 2. The lowest BCUT2D eigenvalue weighted by Gasteiger charge is -2.37. The fourth-order valence-electron chi connectivity index (χ4n) is 3.83. The summed E-state index contributed by atoms with van der Waals surface area (Å²) in [6.45, 7) is 4.82. The first-order valence-corrected chi connectivity index (χ1v) is 9.73. The number of rotatable bonds is 4. The van der Waals surface area contributed by atoms with Gasteiger partial charge < -0.3 is 9.80 Å². The molecule has 2 aromatic carbocycles. The zero-order valence-corrected chi connectivity index (χ0v) is 16.0. The second kappa shape index (κ2) is 7.84. The molecule has 3 aromatic rings. The molecule has 0 radical (unpaired) electrons. The number of carbonyl (C=O) groups is 1. The zero-order valence-electron chi connectivity index (χ0n) is 16.0. The summed E-state index contributed by atoms with van der Waals surface area (Å²) in [6.07, 6.45) is 2.06. The number of carbonyl (C=O) groups excluding carboxylic acids is 1. The maximum absolute atomic E-state index is 13.2. The van der Waals surface area contributed by atoms with Crippen molar-refractivity contribution in [3.05, 3.63) is 71.3 Å². The molecule has 0 aliphatic carbocycles. The van der Waals surface area contributed by atoms with Gasteiger partial charge in [-0.3, -0.25) is 14.2 Å². The van der Waals surface area contributed by atoms with Crippen molar-refractivity contribution in [1.29, 1.82) is 0 Å². The number of fused-ring (bicyclic) bond motifs is 1. The molecular formula is C22H24N4O2. The van der Waals surface area contributed by atoms with Crippen LogP contribution in [0.2, 0.25) is 0 Å². The summed E-state index contributed by atoms with van der Waals surface area (Å²) in [5.41, 5.74) is 1.67. The lowest BCUT2D eigenvalue weighted by atomic mass is 10.1. The summed E-state index contributed by atoms with van der Waals surface area (Å²) in [7, 11) is 0. The standard InChI is InChI=1S/C22H24N4O2/c1-2-20(26-16-23-19-11-7-6-10-18(19)21(26)27)22(28)25-14-12-24(13-15-25)17-8-4-3-5-9-17/h3-11,16,20H,2,12-15H2,1H3/t20-/m0/s1. The van der Waals surface area contributed by atoms with E-state index in [9.17, 15) is 9.59 Å². The quantitative estimate of drug-likeness (QED) is 0.703. The number of piperazine rings is 1. The molecule has 4 rings (SSSR count). The predicted molar refractivity (Wildman–Crippen MR) is 111 cm³/mol. The van der Waals surface area contributed by atoms with Crippen LogP contribution in [0.5, 0.6) is 0 Å². The van der Waals surface area contributed by atoms with Gasteiger partial charge >= 0.3 is 0 Å². The molecule has 1 aliphatic heterocycles. The molecule has 1 aliphatic rings. The minimum atomic E-state index is -0.520. The van der Waals surface area contributed by atoms with Crippen LogP contribution in [0.3, 0.4) is 0 Å². The lowest BCUT2D eigenvalue weighted by molar-refractivity contribution is -0.135. The van der Waals surface area contributed by atoms with E-state index in [1.807, 2.05) is 48.2 Å². The van der Waals surface area contributed by atoms with E-state index in [0.29, 0.717) is 30.4 Å². The summed E-state index contributed by atoms with van der Waals surface area (Å²) < 4.78 is 1.49. The van der Waals surface area contributed by atoms with Crippen molar-refractivity contribution in [2.75, 3.05) is 31.1 Å². The normalized spacial score (nSPS) is 15.6. The van der Waals surface area contributed by atoms with Gasteiger partial charge in [0, 0.05) is 31.9 Å². The Hall–Kier alpha value is -3.15. The number of benzene rings is 2. The summed E-state index contributed by atoms with van der Waals surface area (Å²) in [6, 6.07) is 17.0. The van der Waals surface area contributed by atoms with Gasteiger partial charge in [0.1, 0.15) is 6.04 Å². The molecule has 2 heterocycles. The number of hydrogen-bond donors (Lipinski definition) is 0. The molecule has 0 unspecified atom stereocenters. The number of amides is 1. The Bertz CT molecular complexity index is 1020. The minimum Gasteiger partial charge on any atom is -0.368 e. The molecular weight excluding hydrogens is 352 g/mol. The number of hydrogen-bond acceptors (Lipinski definition) is 4. The summed E-state index contributed by atoms with van der Waals surface area (Å²) in [5, 5.41) is 0.546. The van der Waals surface area contributed by atoms with Crippen LogP contribution in [-0.2, 0) is 4.79 Å². The van der Waals surface area contributed by atoms with Crippen molar-refractivity contribution in [2.24, 2.45) is 0 Å². The van der Waals surface area contributed by atoms with Crippen molar-refractivity contribution >= 4 is 22.5 Å². The van der Waals surface area contributed by atoms with Crippen LogP contribution < -0.4 is 10.5 Å². The van der Waals surface area contributed by atoms with Crippen molar-refractivity contribution in [1.82, 2.24) is 14.5 Å². The molecule has 0 N–H and O–H groups in total. The van der Waals surface area contributed by atoms with Gasteiger partial charge in [0.2, 0.25) is 5.91 Å². The number of aromatic nitrogens is 2. The Morgan fingerprint density at radius 3 is 2.39 bits per heavy atom. The first-order valence-electron chi connectivity index (χ1n) is 9.73. The molecule has 1 aromatic heterocycles. The van der Waals surface area contributed by atoms with E-state index in [1.54, 1.807) is 6.07 Å². The van der Waals surface area contributed by atoms with E-state index in [0.717, 1.165) is 13.1 Å². The van der Waals surface area contributed by atoms with Crippen LogP contribution in [0.4, 0.5) is 5.69 Å². The predicted octanol–water partition coefficient (Wildman–Crippen LogP) is 2.70. The Balaban J connectivity index is 1.52. The van der Waals surface area contributed by atoms with Crippen LogP contribution >= 0.6 is 0 Å². The summed E-state index contributed by atoms with van der Waals surface area (Å²) >= 11 is 0. The Morgan fingerprint density at radius 1 is 1.00 bits per heavy atom. The average molecular weight is 376 g/mol. The highest BCUT2D eigenvalue weighted by atomic mass is 16.2. The average Bonchev–Trinajstić information content (AvgIpc) is 2.76. The Morgan fingerprint density at radius 2 is 1.68 bits per heavy atom. The van der Waals surface area contributed by atoms with Crippen LogP contribution in [-0.4, -0.2) is 46.5 Å². The first-order chi connectivity index (χ1) is 13.7. The Kier molecular flexibility index (Phi) is 5.10. The highest BCUT2D eigenvalue weighted by Gasteiger charge is 2.28. The van der Waals surface area contributed by atoms with E-state index in [4.69, 9.17) is 0 Å². The Labute approximate surface area is 164 Å². The minimum absolute atomic E-state index is 0.00519. The number of nitrogens with zero attached hydrogens (tertiary/aromatic N) is 4. The van der Waals surface area contributed by atoms with Gasteiger partial charge in [-0.05, 0) is 30.7 Å². The fourth-order valence-corrected chi connectivity index (χ4v) is 3.83. The van der Waals surface area contributed by atoms with E-state index in [2.05, 4.69) is 22.0 Å². The van der Waals surface area contributed by atoms with Crippen LogP contribution in [0, 0.1) is 0 Å². The van der Waals surface area contributed by atoms with Gasteiger partial charge in [-0.15, -0.1) is 0 Å². The molecule has 1 amide bonds.